The molecule has 0 spiro atoms. The molecule has 0 aliphatic heterocycles. The average molecular weight is 223 g/mol. The maximum atomic E-state index is 10.1. The Morgan fingerprint density at radius 2 is 2.21 bits per heavy atom. The predicted octanol–water partition coefficient (Wildman–Crippen LogP) is 2.72. The zero-order chi connectivity index (χ0) is 9.80. The van der Waals surface area contributed by atoms with E-state index in [0.717, 1.165) is 6.41 Å². The van der Waals surface area contributed by atoms with Crippen LogP contribution in [0.25, 0.3) is 9.75 Å². The highest BCUT2D eigenvalue weighted by Gasteiger charge is 2.02. The van der Waals surface area contributed by atoms with E-state index in [9.17, 15) is 4.79 Å². The van der Waals surface area contributed by atoms with Crippen LogP contribution in [0.3, 0.4) is 0 Å². The smallest absolute Gasteiger partial charge is 0.207 e. The van der Waals surface area contributed by atoms with Crippen molar-refractivity contribution >= 4 is 29.1 Å². The van der Waals surface area contributed by atoms with Crippen molar-refractivity contribution in [1.82, 2.24) is 5.32 Å². The third-order valence-corrected chi connectivity index (χ3v) is 3.94. The van der Waals surface area contributed by atoms with Crippen LogP contribution in [0.1, 0.15) is 4.88 Å². The minimum Gasteiger partial charge on any atom is -0.354 e. The SMILES string of the molecule is O=CNCc1ccc(-c2cccs2)s1. The quantitative estimate of drug-likeness (QED) is 0.793. The lowest BCUT2D eigenvalue weighted by Gasteiger charge is -1.92. The lowest BCUT2D eigenvalue weighted by molar-refractivity contribution is -0.109. The van der Waals surface area contributed by atoms with Gasteiger partial charge in [-0.1, -0.05) is 6.07 Å². The van der Waals surface area contributed by atoms with Crippen LogP contribution in [-0.4, -0.2) is 6.41 Å². The zero-order valence-corrected chi connectivity index (χ0v) is 9.03. The molecule has 4 heteroatoms. The lowest BCUT2D eigenvalue weighted by atomic mass is 10.4. The van der Waals surface area contributed by atoms with Crippen LogP contribution in [0.4, 0.5) is 0 Å². The second-order valence-electron chi connectivity index (χ2n) is 2.74. The summed E-state index contributed by atoms with van der Waals surface area (Å²) < 4.78 is 0. The van der Waals surface area contributed by atoms with Crippen molar-refractivity contribution in [1.29, 1.82) is 0 Å². The van der Waals surface area contributed by atoms with Gasteiger partial charge in [0.15, 0.2) is 0 Å². The number of thiophene rings is 2. The van der Waals surface area contributed by atoms with Gasteiger partial charge in [0.1, 0.15) is 0 Å². The highest BCUT2D eigenvalue weighted by molar-refractivity contribution is 7.21. The van der Waals surface area contributed by atoms with Crippen LogP contribution in [-0.2, 0) is 11.3 Å². The molecule has 0 atom stereocenters. The monoisotopic (exact) mass is 223 g/mol. The standard InChI is InChI=1S/C10H9NOS2/c12-7-11-6-8-3-4-10(14-8)9-2-1-5-13-9/h1-5,7H,6H2,(H,11,12). The van der Waals surface area contributed by atoms with Gasteiger partial charge in [0.05, 0.1) is 6.54 Å². The van der Waals surface area contributed by atoms with Crippen molar-refractivity contribution in [3.8, 4) is 9.75 Å². The minimum absolute atomic E-state index is 0.625. The van der Waals surface area contributed by atoms with Crippen molar-refractivity contribution in [2.75, 3.05) is 0 Å². The topological polar surface area (TPSA) is 29.1 Å². The Morgan fingerprint density at radius 3 is 2.93 bits per heavy atom. The van der Waals surface area contributed by atoms with Crippen molar-refractivity contribution < 1.29 is 4.79 Å². The molecule has 0 radical (unpaired) electrons. The first-order valence-electron chi connectivity index (χ1n) is 4.20. The summed E-state index contributed by atoms with van der Waals surface area (Å²) in [5.74, 6) is 0. The minimum atomic E-state index is 0.625. The molecule has 0 fully saturated rings. The average Bonchev–Trinajstić information content (AvgIpc) is 2.85. The molecule has 1 amide bonds. The molecule has 2 rings (SSSR count). The molecule has 0 aliphatic rings. The number of carbonyl (C=O) groups is 1. The number of carbonyl (C=O) groups excluding carboxylic acids is 1. The number of rotatable bonds is 4. The van der Waals surface area contributed by atoms with Gasteiger partial charge in [-0.05, 0) is 23.6 Å². The molecule has 2 aromatic rings. The number of amides is 1. The Balaban J connectivity index is 2.14. The fraction of sp³-hybridized carbons (Fsp3) is 0.100. The van der Waals surface area contributed by atoms with Gasteiger partial charge >= 0.3 is 0 Å². The van der Waals surface area contributed by atoms with Gasteiger partial charge in [-0.25, -0.2) is 0 Å². The molecule has 1 N–H and O–H groups in total. The van der Waals surface area contributed by atoms with E-state index < -0.39 is 0 Å². The van der Waals surface area contributed by atoms with Crippen LogP contribution in [0.15, 0.2) is 29.6 Å². The normalized spacial score (nSPS) is 10.0. The molecule has 2 aromatic heterocycles. The molecule has 2 heterocycles. The Kier molecular flexibility index (Phi) is 2.96. The maximum Gasteiger partial charge on any atom is 0.207 e. The second-order valence-corrected chi connectivity index (χ2v) is 4.86. The van der Waals surface area contributed by atoms with Crippen LogP contribution < -0.4 is 5.32 Å². The van der Waals surface area contributed by atoms with E-state index in [1.165, 1.54) is 14.6 Å². The van der Waals surface area contributed by atoms with Crippen molar-refractivity contribution in [2.24, 2.45) is 0 Å². The van der Waals surface area contributed by atoms with E-state index in [1.54, 1.807) is 22.7 Å². The first kappa shape index (κ1) is 9.43. The summed E-state index contributed by atoms with van der Waals surface area (Å²) in [5.41, 5.74) is 0. The van der Waals surface area contributed by atoms with Gasteiger partial charge in [-0.15, -0.1) is 22.7 Å². The van der Waals surface area contributed by atoms with Crippen LogP contribution >= 0.6 is 22.7 Å². The first-order chi connectivity index (χ1) is 6.90. The Hall–Kier alpha value is -1.13. The summed E-state index contributed by atoms with van der Waals surface area (Å²) in [6.07, 6.45) is 0.727. The number of hydrogen-bond acceptors (Lipinski definition) is 3. The van der Waals surface area contributed by atoms with Crippen molar-refractivity contribution in [2.45, 2.75) is 6.54 Å². The Labute approximate surface area is 90.2 Å². The zero-order valence-electron chi connectivity index (χ0n) is 7.40. The molecular weight excluding hydrogens is 214 g/mol. The maximum absolute atomic E-state index is 10.1. The molecule has 0 aliphatic carbocycles. The first-order valence-corrected chi connectivity index (χ1v) is 5.89. The van der Waals surface area contributed by atoms with Gasteiger partial charge in [0, 0.05) is 14.6 Å². The third-order valence-electron chi connectivity index (χ3n) is 1.79. The summed E-state index contributed by atoms with van der Waals surface area (Å²) in [7, 11) is 0. The fourth-order valence-electron chi connectivity index (χ4n) is 1.17. The van der Waals surface area contributed by atoms with E-state index in [4.69, 9.17) is 0 Å². The van der Waals surface area contributed by atoms with Crippen molar-refractivity contribution in [3.05, 3.63) is 34.5 Å². The summed E-state index contributed by atoms with van der Waals surface area (Å²) in [6.45, 7) is 0.625. The highest BCUT2D eigenvalue weighted by atomic mass is 32.1. The van der Waals surface area contributed by atoms with Gasteiger partial charge in [-0.2, -0.15) is 0 Å². The lowest BCUT2D eigenvalue weighted by Crippen LogP contribution is -2.07. The van der Waals surface area contributed by atoms with E-state index in [-0.39, 0.29) is 0 Å². The van der Waals surface area contributed by atoms with Gasteiger partial charge in [-0.3, -0.25) is 4.79 Å². The summed E-state index contributed by atoms with van der Waals surface area (Å²) >= 11 is 3.45. The largest absolute Gasteiger partial charge is 0.354 e. The third kappa shape index (κ3) is 2.02. The van der Waals surface area contributed by atoms with Gasteiger partial charge in [0.2, 0.25) is 6.41 Å². The molecule has 72 valence electrons. The molecule has 0 saturated carbocycles. The summed E-state index contributed by atoms with van der Waals surface area (Å²) in [6, 6.07) is 8.30. The number of nitrogens with one attached hydrogen (secondary N) is 1. The fourth-order valence-corrected chi connectivity index (χ4v) is 2.96. The number of hydrogen-bond donors (Lipinski definition) is 1. The molecule has 0 aromatic carbocycles. The van der Waals surface area contributed by atoms with Crippen LogP contribution in [0.2, 0.25) is 0 Å². The van der Waals surface area contributed by atoms with E-state index >= 15 is 0 Å². The van der Waals surface area contributed by atoms with Crippen molar-refractivity contribution in [3.63, 3.8) is 0 Å². The Morgan fingerprint density at radius 1 is 1.29 bits per heavy atom. The van der Waals surface area contributed by atoms with Gasteiger partial charge in [0.25, 0.3) is 0 Å². The molecule has 0 saturated heterocycles. The van der Waals surface area contributed by atoms with E-state index in [2.05, 4.69) is 28.9 Å². The van der Waals surface area contributed by atoms with Crippen LogP contribution in [0, 0.1) is 0 Å². The molecule has 2 nitrogen and oxygen atoms in total. The van der Waals surface area contributed by atoms with E-state index in [0.29, 0.717) is 6.54 Å². The second kappa shape index (κ2) is 4.39. The predicted molar refractivity (Wildman–Crippen MR) is 60.5 cm³/mol. The molecule has 14 heavy (non-hydrogen) atoms. The van der Waals surface area contributed by atoms with E-state index in [1.807, 2.05) is 6.07 Å². The molecular formula is C10H9NOS2. The molecule has 0 bridgehead atoms. The summed E-state index contributed by atoms with van der Waals surface area (Å²) in [4.78, 5) is 13.8. The van der Waals surface area contributed by atoms with Crippen LogP contribution in [0.5, 0.6) is 0 Å². The highest BCUT2D eigenvalue weighted by Crippen LogP contribution is 2.31. The molecule has 0 unspecified atom stereocenters. The van der Waals surface area contributed by atoms with Gasteiger partial charge < -0.3 is 5.32 Å². The Bertz CT molecular complexity index is 405. The summed E-state index contributed by atoms with van der Waals surface area (Å²) in [5, 5.41) is 4.72.